The Labute approximate surface area is 52.5 Å². The minimum absolute atomic E-state index is 0.0775. The maximum Gasteiger partial charge on any atom is 0.142 e. The Morgan fingerprint density at radius 2 is 2.50 bits per heavy atom. The van der Waals surface area contributed by atoms with Crippen molar-refractivity contribution < 1.29 is 9.52 Å². The van der Waals surface area contributed by atoms with Gasteiger partial charge in [-0.25, -0.2) is 0 Å². The van der Waals surface area contributed by atoms with E-state index in [9.17, 15) is 0 Å². The van der Waals surface area contributed by atoms with Crippen LogP contribution in [0.3, 0.4) is 0 Å². The zero-order valence-electron chi connectivity index (χ0n) is 4.16. The molecule has 1 aromatic heterocycles. The van der Waals surface area contributed by atoms with Crippen LogP contribution in [0.1, 0.15) is 5.76 Å². The second kappa shape index (κ2) is 2.24. The van der Waals surface area contributed by atoms with Crippen LogP contribution < -0.4 is 0 Å². The zero-order valence-corrected chi connectivity index (χ0v) is 5.06. The van der Waals surface area contributed by atoms with E-state index in [-0.39, 0.29) is 6.61 Å². The molecule has 0 aromatic carbocycles. The summed E-state index contributed by atoms with van der Waals surface area (Å²) >= 11 is 3.98. The van der Waals surface area contributed by atoms with Crippen molar-refractivity contribution in [3.05, 3.63) is 18.1 Å². The molecule has 0 amide bonds. The second-order valence-electron chi connectivity index (χ2n) is 1.39. The molecule has 1 rings (SSSR count). The maximum atomic E-state index is 8.46. The molecule has 1 heterocycles. The Hall–Kier alpha value is -0.410. The first kappa shape index (κ1) is 5.72. The van der Waals surface area contributed by atoms with E-state index in [1.807, 2.05) is 0 Å². The normalized spacial score (nSPS) is 9.75. The van der Waals surface area contributed by atoms with Gasteiger partial charge in [0, 0.05) is 4.90 Å². The summed E-state index contributed by atoms with van der Waals surface area (Å²) in [5, 5.41) is 8.46. The largest absolute Gasteiger partial charge is 0.466 e. The van der Waals surface area contributed by atoms with Gasteiger partial charge in [-0.1, -0.05) is 0 Å². The average molecular weight is 130 g/mol. The fraction of sp³-hybridized carbons (Fsp3) is 0.200. The summed E-state index contributed by atoms with van der Waals surface area (Å²) in [5.74, 6) is 0.522. The first-order valence-corrected chi connectivity index (χ1v) is 2.65. The number of furan rings is 1. The first-order valence-electron chi connectivity index (χ1n) is 2.21. The molecule has 0 radical (unpaired) electrons. The van der Waals surface area contributed by atoms with Crippen LogP contribution in [-0.4, -0.2) is 5.11 Å². The topological polar surface area (TPSA) is 33.4 Å². The quantitative estimate of drug-likeness (QED) is 0.557. The van der Waals surface area contributed by atoms with Gasteiger partial charge < -0.3 is 9.52 Å². The van der Waals surface area contributed by atoms with E-state index in [4.69, 9.17) is 9.52 Å². The third kappa shape index (κ3) is 0.877. The van der Waals surface area contributed by atoms with Gasteiger partial charge in [0.1, 0.15) is 12.4 Å². The van der Waals surface area contributed by atoms with Gasteiger partial charge in [0.2, 0.25) is 0 Å². The van der Waals surface area contributed by atoms with Crippen LogP contribution in [0.5, 0.6) is 0 Å². The summed E-state index contributed by atoms with van der Waals surface area (Å²) in [4.78, 5) is 0.701. The molecule has 0 atom stereocenters. The van der Waals surface area contributed by atoms with E-state index in [0.29, 0.717) is 10.7 Å². The molecule has 0 fully saturated rings. The smallest absolute Gasteiger partial charge is 0.142 e. The third-order valence-corrected chi connectivity index (χ3v) is 1.26. The zero-order chi connectivity index (χ0) is 5.98. The lowest BCUT2D eigenvalue weighted by Crippen LogP contribution is -1.76. The molecule has 8 heavy (non-hydrogen) atoms. The predicted molar refractivity (Wildman–Crippen MR) is 31.9 cm³/mol. The van der Waals surface area contributed by atoms with Crippen LogP contribution in [0, 0.1) is 0 Å². The van der Waals surface area contributed by atoms with E-state index < -0.39 is 0 Å². The summed E-state index contributed by atoms with van der Waals surface area (Å²) < 4.78 is 4.79. The summed E-state index contributed by atoms with van der Waals surface area (Å²) in [6.07, 6.45) is 1.49. The molecule has 0 saturated carbocycles. The SMILES string of the molecule is OCc1occc1S. The van der Waals surface area contributed by atoms with Crippen molar-refractivity contribution >= 4 is 12.6 Å². The van der Waals surface area contributed by atoms with Crippen molar-refractivity contribution in [1.82, 2.24) is 0 Å². The molecule has 2 nitrogen and oxygen atoms in total. The summed E-state index contributed by atoms with van der Waals surface area (Å²) in [7, 11) is 0. The lowest BCUT2D eigenvalue weighted by Gasteiger charge is -1.85. The molecule has 0 spiro atoms. The van der Waals surface area contributed by atoms with Gasteiger partial charge in [-0.3, -0.25) is 0 Å². The molecule has 1 aromatic rings. The minimum Gasteiger partial charge on any atom is -0.466 e. The van der Waals surface area contributed by atoms with Crippen molar-refractivity contribution in [3.8, 4) is 0 Å². The molecule has 0 aliphatic rings. The van der Waals surface area contributed by atoms with Crippen molar-refractivity contribution in [2.45, 2.75) is 11.5 Å². The van der Waals surface area contributed by atoms with Crippen LogP contribution in [0.25, 0.3) is 0 Å². The highest BCUT2D eigenvalue weighted by Crippen LogP contribution is 2.13. The molecule has 3 heteroatoms. The lowest BCUT2D eigenvalue weighted by molar-refractivity contribution is 0.243. The van der Waals surface area contributed by atoms with Crippen molar-refractivity contribution in [1.29, 1.82) is 0 Å². The van der Waals surface area contributed by atoms with Gasteiger partial charge in [-0.15, -0.1) is 12.6 Å². The molecule has 0 saturated heterocycles. The third-order valence-electron chi connectivity index (χ3n) is 0.866. The van der Waals surface area contributed by atoms with Crippen LogP contribution in [0.2, 0.25) is 0 Å². The number of rotatable bonds is 1. The van der Waals surface area contributed by atoms with Crippen LogP contribution >= 0.6 is 12.6 Å². The Morgan fingerprint density at radius 3 is 2.75 bits per heavy atom. The van der Waals surface area contributed by atoms with Gasteiger partial charge in [-0.05, 0) is 6.07 Å². The van der Waals surface area contributed by atoms with E-state index in [1.54, 1.807) is 6.07 Å². The monoisotopic (exact) mass is 130 g/mol. The van der Waals surface area contributed by atoms with Crippen molar-refractivity contribution in [2.24, 2.45) is 0 Å². The minimum atomic E-state index is -0.0775. The van der Waals surface area contributed by atoms with E-state index in [0.717, 1.165) is 0 Å². The highest BCUT2D eigenvalue weighted by Gasteiger charge is 1.96. The second-order valence-corrected chi connectivity index (χ2v) is 1.87. The Kier molecular flexibility index (Phi) is 1.60. The number of hydrogen-bond acceptors (Lipinski definition) is 3. The Balaban J connectivity index is 2.92. The number of hydrogen-bond donors (Lipinski definition) is 2. The molecule has 1 N–H and O–H groups in total. The Morgan fingerprint density at radius 1 is 1.75 bits per heavy atom. The van der Waals surface area contributed by atoms with Gasteiger partial charge in [0.05, 0.1) is 6.26 Å². The van der Waals surface area contributed by atoms with E-state index in [2.05, 4.69) is 12.6 Å². The lowest BCUT2D eigenvalue weighted by atomic mass is 10.5. The maximum absolute atomic E-state index is 8.46. The summed E-state index contributed by atoms with van der Waals surface area (Å²) in [6.45, 7) is -0.0775. The van der Waals surface area contributed by atoms with Crippen molar-refractivity contribution in [3.63, 3.8) is 0 Å². The molecule has 0 unspecified atom stereocenters. The Bertz CT molecular complexity index is 171. The van der Waals surface area contributed by atoms with Crippen LogP contribution in [0.4, 0.5) is 0 Å². The molecule has 0 aliphatic carbocycles. The van der Waals surface area contributed by atoms with Crippen molar-refractivity contribution in [2.75, 3.05) is 0 Å². The highest BCUT2D eigenvalue weighted by molar-refractivity contribution is 7.80. The van der Waals surface area contributed by atoms with Crippen LogP contribution in [-0.2, 0) is 6.61 Å². The molecular formula is C5H6O2S. The standard InChI is InChI=1S/C5H6O2S/c6-3-4-5(8)1-2-7-4/h1-2,6,8H,3H2. The first-order chi connectivity index (χ1) is 3.84. The molecule has 0 aliphatic heterocycles. The van der Waals surface area contributed by atoms with Gasteiger partial charge in [-0.2, -0.15) is 0 Å². The van der Waals surface area contributed by atoms with Gasteiger partial charge >= 0.3 is 0 Å². The fourth-order valence-electron chi connectivity index (χ4n) is 0.452. The van der Waals surface area contributed by atoms with E-state index in [1.165, 1.54) is 6.26 Å². The van der Waals surface area contributed by atoms with Gasteiger partial charge in [0.25, 0.3) is 0 Å². The molecular weight excluding hydrogens is 124 g/mol. The average Bonchev–Trinajstić information content (AvgIpc) is 2.14. The van der Waals surface area contributed by atoms with E-state index >= 15 is 0 Å². The number of aliphatic hydroxyl groups is 1. The fourth-order valence-corrected chi connectivity index (χ4v) is 0.636. The molecule has 0 bridgehead atoms. The summed E-state index contributed by atoms with van der Waals surface area (Å²) in [5.41, 5.74) is 0. The highest BCUT2D eigenvalue weighted by atomic mass is 32.1. The summed E-state index contributed by atoms with van der Waals surface area (Å²) in [6, 6.07) is 1.69. The predicted octanol–water partition coefficient (Wildman–Crippen LogP) is 1.06. The molecule has 44 valence electrons. The number of thiol groups is 1. The van der Waals surface area contributed by atoms with Gasteiger partial charge in [0.15, 0.2) is 0 Å². The van der Waals surface area contributed by atoms with Crippen LogP contribution in [0.15, 0.2) is 21.6 Å². The number of aliphatic hydroxyl groups excluding tert-OH is 1.